The lowest BCUT2D eigenvalue weighted by atomic mass is 9.86. The maximum Gasteiger partial charge on any atom is 0.119 e. The molecule has 0 saturated heterocycles. The lowest BCUT2D eigenvalue weighted by molar-refractivity contribution is 0.201. The van der Waals surface area contributed by atoms with Crippen molar-refractivity contribution < 1.29 is 19.7 Å². The highest BCUT2D eigenvalue weighted by molar-refractivity contribution is 5.38. The Labute approximate surface area is 166 Å². The van der Waals surface area contributed by atoms with Crippen LogP contribution in [-0.4, -0.2) is 36.6 Å². The summed E-state index contributed by atoms with van der Waals surface area (Å²) in [6.45, 7) is 0.616. The fourth-order valence-electron chi connectivity index (χ4n) is 3.19. The minimum atomic E-state index is 0.00636. The normalized spacial score (nSPS) is 11.8. The van der Waals surface area contributed by atoms with Crippen molar-refractivity contribution in [1.82, 2.24) is 0 Å². The first-order valence-electron chi connectivity index (χ1n) is 9.51. The number of hydrogen-bond donors (Lipinski definition) is 2. The van der Waals surface area contributed by atoms with Crippen molar-refractivity contribution in [3.8, 4) is 11.5 Å². The zero-order valence-corrected chi connectivity index (χ0v) is 15.8. The summed E-state index contributed by atoms with van der Waals surface area (Å²) < 4.78 is 10.9. The van der Waals surface area contributed by atoms with Crippen LogP contribution in [0.25, 0.3) is 0 Å². The van der Waals surface area contributed by atoms with Crippen molar-refractivity contribution in [2.45, 2.75) is 12.3 Å². The predicted octanol–water partition coefficient (Wildman–Crippen LogP) is 3.80. The summed E-state index contributed by atoms with van der Waals surface area (Å²) in [7, 11) is 0. The molecule has 0 fully saturated rings. The topological polar surface area (TPSA) is 58.9 Å². The van der Waals surface area contributed by atoms with E-state index < -0.39 is 0 Å². The molecule has 4 nitrogen and oxygen atoms in total. The fourth-order valence-corrected chi connectivity index (χ4v) is 3.19. The fraction of sp³-hybridized carbons (Fsp3) is 0.250. The number of benzene rings is 3. The molecule has 146 valence electrons. The molecule has 0 aliphatic heterocycles. The molecule has 0 bridgehead atoms. The summed E-state index contributed by atoms with van der Waals surface area (Å²) in [6, 6.07) is 26.6. The second-order valence-corrected chi connectivity index (χ2v) is 6.52. The predicted molar refractivity (Wildman–Crippen MR) is 110 cm³/mol. The summed E-state index contributed by atoms with van der Waals surface area (Å²) in [5, 5.41) is 17.8. The Hall–Kier alpha value is -2.82. The Kier molecular flexibility index (Phi) is 7.47. The van der Waals surface area contributed by atoms with E-state index in [1.165, 1.54) is 16.7 Å². The first-order valence-corrected chi connectivity index (χ1v) is 9.51. The average molecular weight is 378 g/mol. The number of ether oxygens (including phenoxy) is 2. The van der Waals surface area contributed by atoms with Crippen LogP contribution in [0.1, 0.15) is 22.6 Å². The molecular formula is C24H26O4. The number of rotatable bonds is 10. The third kappa shape index (κ3) is 5.59. The van der Waals surface area contributed by atoms with Crippen LogP contribution >= 0.6 is 0 Å². The maximum atomic E-state index is 8.90. The average Bonchev–Trinajstić information content (AvgIpc) is 2.76. The highest BCUT2D eigenvalue weighted by Crippen LogP contribution is 2.30. The van der Waals surface area contributed by atoms with E-state index in [-0.39, 0.29) is 19.1 Å². The molecule has 0 spiro atoms. The van der Waals surface area contributed by atoms with Gasteiger partial charge in [-0.15, -0.1) is 0 Å². The zero-order chi connectivity index (χ0) is 19.6. The molecule has 3 aromatic rings. The van der Waals surface area contributed by atoms with Gasteiger partial charge in [-0.2, -0.15) is 0 Å². The molecule has 0 aliphatic rings. The highest BCUT2D eigenvalue weighted by atomic mass is 16.5. The smallest absolute Gasteiger partial charge is 0.119 e. The van der Waals surface area contributed by atoms with Gasteiger partial charge in [0.05, 0.1) is 13.2 Å². The third-order valence-electron chi connectivity index (χ3n) is 4.57. The minimum absolute atomic E-state index is 0.00636. The van der Waals surface area contributed by atoms with Gasteiger partial charge in [-0.05, 0) is 47.4 Å². The monoisotopic (exact) mass is 378 g/mol. The van der Waals surface area contributed by atoms with Crippen LogP contribution in [0.4, 0.5) is 0 Å². The molecule has 0 radical (unpaired) electrons. The van der Waals surface area contributed by atoms with Crippen LogP contribution in [0.15, 0.2) is 78.9 Å². The Morgan fingerprint density at radius 1 is 0.607 bits per heavy atom. The van der Waals surface area contributed by atoms with Gasteiger partial charge >= 0.3 is 0 Å². The highest BCUT2D eigenvalue weighted by Gasteiger charge is 2.15. The standard InChI is InChI=1S/C24H26O4/c25-14-16-27-22-10-6-19(7-11-22)18-24(20-4-2-1-3-5-20)21-8-12-23(13-9-21)28-17-15-26/h1-13,24-26H,14-18H2. The van der Waals surface area contributed by atoms with Gasteiger partial charge in [-0.3, -0.25) is 0 Å². The van der Waals surface area contributed by atoms with Gasteiger partial charge in [0.2, 0.25) is 0 Å². The summed E-state index contributed by atoms with van der Waals surface area (Å²) in [6.07, 6.45) is 0.862. The summed E-state index contributed by atoms with van der Waals surface area (Å²) in [4.78, 5) is 0. The molecule has 3 rings (SSSR count). The van der Waals surface area contributed by atoms with E-state index >= 15 is 0 Å². The van der Waals surface area contributed by atoms with Crippen LogP contribution in [0, 0.1) is 0 Å². The first kappa shape index (κ1) is 19.9. The van der Waals surface area contributed by atoms with E-state index in [1.807, 2.05) is 30.3 Å². The van der Waals surface area contributed by atoms with E-state index in [0.717, 1.165) is 17.9 Å². The molecule has 0 heterocycles. The SMILES string of the molecule is OCCOc1ccc(CC(c2ccccc2)c2ccc(OCCO)cc2)cc1. The van der Waals surface area contributed by atoms with Crippen LogP contribution in [0.2, 0.25) is 0 Å². The van der Waals surface area contributed by atoms with Gasteiger partial charge in [-0.1, -0.05) is 54.6 Å². The molecular weight excluding hydrogens is 352 g/mol. The molecule has 0 aromatic heterocycles. The summed E-state index contributed by atoms with van der Waals surface area (Å²) in [5.41, 5.74) is 3.68. The molecule has 1 unspecified atom stereocenters. The maximum absolute atomic E-state index is 8.90. The van der Waals surface area contributed by atoms with Crippen molar-refractivity contribution in [2.75, 3.05) is 26.4 Å². The van der Waals surface area contributed by atoms with E-state index in [9.17, 15) is 0 Å². The Morgan fingerprint density at radius 3 is 1.64 bits per heavy atom. The van der Waals surface area contributed by atoms with Gasteiger partial charge in [-0.25, -0.2) is 0 Å². The van der Waals surface area contributed by atoms with Crippen LogP contribution in [0.3, 0.4) is 0 Å². The number of aliphatic hydroxyl groups is 2. The molecule has 3 aromatic carbocycles. The molecule has 4 heteroatoms. The Balaban J connectivity index is 1.80. The number of aliphatic hydroxyl groups excluding tert-OH is 2. The lowest BCUT2D eigenvalue weighted by Crippen LogP contribution is -2.06. The second-order valence-electron chi connectivity index (χ2n) is 6.52. The van der Waals surface area contributed by atoms with E-state index in [0.29, 0.717) is 13.2 Å². The van der Waals surface area contributed by atoms with Crippen molar-refractivity contribution >= 4 is 0 Å². The first-order chi connectivity index (χ1) is 13.8. The second kappa shape index (κ2) is 10.5. The summed E-state index contributed by atoms with van der Waals surface area (Å²) in [5.74, 6) is 1.74. The molecule has 2 N–H and O–H groups in total. The van der Waals surface area contributed by atoms with Gasteiger partial charge in [0.15, 0.2) is 0 Å². The molecule has 28 heavy (non-hydrogen) atoms. The van der Waals surface area contributed by atoms with Crippen molar-refractivity contribution in [3.05, 3.63) is 95.6 Å². The molecule has 0 aliphatic carbocycles. The van der Waals surface area contributed by atoms with Gasteiger partial charge in [0.25, 0.3) is 0 Å². The van der Waals surface area contributed by atoms with Crippen LogP contribution in [-0.2, 0) is 6.42 Å². The van der Waals surface area contributed by atoms with Crippen molar-refractivity contribution in [3.63, 3.8) is 0 Å². The van der Waals surface area contributed by atoms with Gasteiger partial charge < -0.3 is 19.7 Å². The van der Waals surface area contributed by atoms with E-state index in [4.69, 9.17) is 19.7 Å². The third-order valence-corrected chi connectivity index (χ3v) is 4.57. The van der Waals surface area contributed by atoms with Gasteiger partial charge in [0, 0.05) is 5.92 Å². The summed E-state index contributed by atoms with van der Waals surface area (Å²) >= 11 is 0. The minimum Gasteiger partial charge on any atom is -0.491 e. The number of hydrogen-bond acceptors (Lipinski definition) is 4. The lowest BCUT2D eigenvalue weighted by Gasteiger charge is -2.19. The van der Waals surface area contributed by atoms with Crippen LogP contribution in [0.5, 0.6) is 11.5 Å². The molecule has 0 amide bonds. The Morgan fingerprint density at radius 2 is 1.11 bits per heavy atom. The van der Waals surface area contributed by atoms with E-state index in [1.54, 1.807) is 0 Å². The quantitative estimate of drug-likeness (QED) is 0.563. The Bertz CT molecular complexity index is 813. The van der Waals surface area contributed by atoms with Gasteiger partial charge in [0.1, 0.15) is 24.7 Å². The van der Waals surface area contributed by atoms with Crippen molar-refractivity contribution in [2.24, 2.45) is 0 Å². The van der Waals surface area contributed by atoms with Crippen molar-refractivity contribution in [1.29, 1.82) is 0 Å². The van der Waals surface area contributed by atoms with Crippen LogP contribution < -0.4 is 9.47 Å². The zero-order valence-electron chi connectivity index (χ0n) is 15.8. The van der Waals surface area contributed by atoms with E-state index in [2.05, 4.69) is 48.5 Å². The largest absolute Gasteiger partial charge is 0.491 e. The molecule has 1 atom stereocenters. The molecule has 0 saturated carbocycles.